The Balaban J connectivity index is 2.01. The summed E-state index contributed by atoms with van der Waals surface area (Å²) < 4.78 is 0. The lowest BCUT2D eigenvalue weighted by Crippen LogP contribution is -2.40. The van der Waals surface area contributed by atoms with Crippen molar-refractivity contribution in [3.05, 3.63) is 58.0 Å². The van der Waals surface area contributed by atoms with Crippen LogP contribution in [0.3, 0.4) is 0 Å². The molecule has 116 valence electrons. The number of benzene rings is 2. The lowest BCUT2D eigenvalue weighted by atomic mass is 9.82. The van der Waals surface area contributed by atoms with E-state index < -0.39 is 0 Å². The average Bonchev–Trinajstić information content (AvgIpc) is 2.59. The molecule has 2 aromatic carbocycles. The summed E-state index contributed by atoms with van der Waals surface area (Å²) in [6, 6.07) is 13.4. The maximum atomic E-state index is 11.4. The van der Waals surface area contributed by atoms with E-state index in [0.717, 1.165) is 19.1 Å². The second-order valence-electron chi connectivity index (χ2n) is 6.78. The lowest BCUT2D eigenvalue weighted by molar-refractivity contribution is -0.110. The summed E-state index contributed by atoms with van der Waals surface area (Å²) in [6.45, 7) is 0. The van der Waals surface area contributed by atoms with Gasteiger partial charge >= 0.3 is 0 Å². The molecule has 0 heterocycles. The lowest BCUT2D eigenvalue weighted by Gasteiger charge is -2.31. The Kier molecular flexibility index (Phi) is 3.42. The van der Waals surface area contributed by atoms with E-state index in [1.54, 1.807) is 0 Å². The highest BCUT2D eigenvalue weighted by molar-refractivity contribution is 5.75. The number of carbonyl (C=O) groups excluding carboxylic acids is 1. The maximum absolute atomic E-state index is 11.4. The third-order valence-electron chi connectivity index (χ3n) is 5.19. The van der Waals surface area contributed by atoms with Crippen molar-refractivity contribution in [1.29, 1.82) is 0 Å². The number of hydrogen-bond donors (Lipinski definition) is 0. The molecular weight excluding hydrogens is 282 g/mol. The first-order valence-corrected chi connectivity index (χ1v) is 8.24. The van der Waals surface area contributed by atoms with Gasteiger partial charge < -0.3 is 9.69 Å². The Morgan fingerprint density at radius 3 is 2.65 bits per heavy atom. The Morgan fingerprint density at radius 1 is 1.04 bits per heavy atom. The number of hydrogen-bond acceptors (Lipinski definition) is 2. The van der Waals surface area contributed by atoms with Gasteiger partial charge in [0.25, 0.3) is 0 Å². The molecule has 2 unspecified atom stereocenters. The monoisotopic (exact) mass is 303 g/mol. The Labute approximate surface area is 136 Å². The van der Waals surface area contributed by atoms with Gasteiger partial charge in [0.15, 0.2) is 0 Å². The van der Waals surface area contributed by atoms with Gasteiger partial charge in [-0.3, -0.25) is 0 Å². The standard InChI is InChI=1S/C21H21NO/c1-22(2)21-12-14(13-23)11-20-18-8-7-15-5-3-4-6-16(15)17(18)9-10-19(20)21/h3-6,8-11,13-14,21H,7,12H2,1-2H3. The van der Waals surface area contributed by atoms with Crippen LogP contribution in [0.4, 0.5) is 0 Å². The van der Waals surface area contributed by atoms with Gasteiger partial charge in [-0.15, -0.1) is 0 Å². The van der Waals surface area contributed by atoms with Crippen LogP contribution in [0.1, 0.15) is 23.6 Å². The summed E-state index contributed by atoms with van der Waals surface area (Å²) in [5.41, 5.74) is 5.36. The minimum atomic E-state index is 0.00645. The van der Waals surface area contributed by atoms with Gasteiger partial charge in [0.1, 0.15) is 6.29 Å². The highest BCUT2D eigenvalue weighted by atomic mass is 16.1. The zero-order chi connectivity index (χ0) is 16.0. The molecule has 0 radical (unpaired) electrons. The summed E-state index contributed by atoms with van der Waals surface area (Å²) >= 11 is 0. The van der Waals surface area contributed by atoms with Gasteiger partial charge in [-0.25, -0.2) is 0 Å². The minimum Gasteiger partial charge on any atom is -0.303 e. The van der Waals surface area contributed by atoms with Crippen LogP contribution in [0.5, 0.6) is 0 Å². The average molecular weight is 303 g/mol. The Bertz CT molecular complexity index is 895. The fraction of sp³-hybridized carbons (Fsp3) is 0.286. The van der Waals surface area contributed by atoms with Gasteiger partial charge in [0.2, 0.25) is 0 Å². The van der Waals surface area contributed by atoms with Gasteiger partial charge in [0, 0.05) is 12.0 Å². The van der Waals surface area contributed by atoms with Crippen LogP contribution in [0.2, 0.25) is 0 Å². The van der Waals surface area contributed by atoms with Crippen LogP contribution >= 0.6 is 0 Å². The van der Waals surface area contributed by atoms with E-state index in [-0.39, 0.29) is 5.92 Å². The molecule has 2 aliphatic rings. The van der Waals surface area contributed by atoms with E-state index in [4.69, 9.17) is 0 Å². The molecule has 2 nitrogen and oxygen atoms in total. The second-order valence-corrected chi connectivity index (χ2v) is 6.78. The quantitative estimate of drug-likeness (QED) is 0.794. The fourth-order valence-electron chi connectivity index (χ4n) is 4.01. The Morgan fingerprint density at radius 2 is 1.87 bits per heavy atom. The van der Waals surface area contributed by atoms with Crippen molar-refractivity contribution in [1.82, 2.24) is 4.90 Å². The highest BCUT2D eigenvalue weighted by Crippen LogP contribution is 2.29. The number of carbonyl (C=O) groups is 1. The smallest absolute Gasteiger partial charge is 0.126 e. The molecule has 0 saturated carbocycles. The van der Waals surface area contributed by atoms with Crippen molar-refractivity contribution in [3.8, 4) is 11.1 Å². The van der Waals surface area contributed by atoms with E-state index in [2.05, 4.69) is 67.5 Å². The Hall–Kier alpha value is -2.19. The normalized spacial score (nSPS) is 21.5. The van der Waals surface area contributed by atoms with Crippen LogP contribution in [0, 0.1) is 5.92 Å². The van der Waals surface area contributed by atoms with E-state index in [1.807, 2.05) is 0 Å². The summed E-state index contributed by atoms with van der Waals surface area (Å²) in [5, 5.41) is 2.57. The van der Waals surface area contributed by atoms with Crippen molar-refractivity contribution in [2.24, 2.45) is 5.92 Å². The van der Waals surface area contributed by atoms with E-state index in [1.165, 1.54) is 32.7 Å². The third-order valence-corrected chi connectivity index (χ3v) is 5.19. The topological polar surface area (TPSA) is 20.3 Å². The molecule has 2 aliphatic carbocycles. The molecule has 0 bridgehead atoms. The van der Waals surface area contributed by atoms with Crippen molar-refractivity contribution >= 4 is 18.4 Å². The molecule has 0 spiro atoms. The largest absolute Gasteiger partial charge is 0.303 e. The predicted molar refractivity (Wildman–Crippen MR) is 94.4 cm³/mol. The van der Waals surface area contributed by atoms with Crippen molar-refractivity contribution in [3.63, 3.8) is 0 Å². The fourth-order valence-corrected chi connectivity index (χ4v) is 4.01. The summed E-state index contributed by atoms with van der Waals surface area (Å²) in [4.78, 5) is 13.7. The first kappa shape index (κ1) is 14.4. The van der Waals surface area contributed by atoms with Crippen molar-refractivity contribution in [2.75, 3.05) is 14.1 Å². The first-order valence-electron chi connectivity index (χ1n) is 8.24. The highest BCUT2D eigenvalue weighted by Gasteiger charge is 2.25. The number of fused-ring (bicyclic) bond motifs is 5. The van der Waals surface area contributed by atoms with Crippen LogP contribution in [-0.2, 0) is 11.2 Å². The van der Waals surface area contributed by atoms with E-state index in [0.29, 0.717) is 6.04 Å². The molecule has 4 rings (SSSR count). The van der Waals surface area contributed by atoms with Gasteiger partial charge in [-0.05, 0) is 59.6 Å². The molecule has 23 heavy (non-hydrogen) atoms. The molecule has 2 atom stereocenters. The van der Waals surface area contributed by atoms with Crippen molar-refractivity contribution < 1.29 is 4.79 Å². The van der Waals surface area contributed by atoms with Crippen LogP contribution in [-0.4, -0.2) is 25.3 Å². The SMILES string of the molecule is CN(C)C1CC(C=O)C=c2c1ccc1c2=CCc2ccccc2-1. The minimum absolute atomic E-state index is 0.00645. The second kappa shape index (κ2) is 5.47. The summed E-state index contributed by atoms with van der Waals surface area (Å²) in [5.74, 6) is 0.00645. The maximum Gasteiger partial charge on any atom is 0.126 e. The summed E-state index contributed by atoms with van der Waals surface area (Å²) in [6.07, 6.45) is 7.43. The van der Waals surface area contributed by atoms with E-state index in [9.17, 15) is 4.79 Å². The van der Waals surface area contributed by atoms with Gasteiger partial charge in [-0.1, -0.05) is 48.6 Å². The molecule has 0 saturated heterocycles. The number of aldehydes is 1. The van der Waals surface area contributed by atoms with Crippen LogP contribution in [0.15, 0.2) is 36.4 Å². The zero-order valence-electron chi connectivity index (χ0n) is 13.6. The number of nitrogens with zero attached hydrogens (tertiary/aromatic N) is 1. The molecule has 0 aliphatic heterocycles. The van der Waals surface area contributed by atoms with Gasteiger partial charge in [0.05, 0.1) is 0 Å². The van der Waals surface area contributed by atoms with Crippen LogP contribution < -0.4 is 10.4 Å². The van der Waals surface area contributed by atoms with Gasteiger partial charge in [-0.2, -0.15) is 0 Å². The zero-order valence-corrected chi connectivity index (χ0v) is 13.6. The van der Waals surface area contributed by atoms with Crippen LogP contribution in [0.25, 0.3) is 23.3 Å². The van der Waals surface area contributed by atoms with Crippen molar-refractivity contribution in [2.45, 2.75) is 18.9 Å². The molecule has 2 heteroatoms. The third kappa shape index (κ3) is 2.25. The molecule has 0 N–H and O–H groups in total. The predicted octanol–water partition coefficient (Wildman–Crippen LogP) is 2.29. The molecule has 2 aromatic rings. The molecule has 0 fully saturated rings. The molecular formula is C21H21NO. The summed E-state index contributed by atoms with van der Waals surface area (Å²) in [7, 11) is 4.19. The molecule has 0 amide bonds. The molecule has 0 aromatic heterocycles. The first-order chi connectivity index (χ1) is 11.2. The van der Waals surface area contributed by atoms with E-state index >= 15 is 0 Å². The number of rotatable bonds is 2.